The van der Waals surface area contributed by atoms with Gasteiger partial charge in [0.2, 0.25) is 0 Å². The third kappa shape index (κ3) is 2.43. The highest BCUT2D eigenvalue weighted by Gasteiger charge is 2.24. The van der Waals surface area contributed by atoms with Crippen molar-refractivity contribution in [2.75, 3.05) is 0 Å². The SMILES string of the molecule is Cn1ncc2c1CCC[C@H]2NC(=O)c1ccc(Cl)cc1. The van der Waals surface area contributed by atoms with Crippen molar-refractivity contribution in [2.45, 2.75) is 25.3 Å². The van der Waals surface area contributed by atoms with E-state index in [1.54, 1.807) is 24.3 Å². The van der Waals surface area contributed by atoms with Gasteiger partial charge in [-0.15, -0.1) is 0 Å². The zero-order valence-corrected chi connectivity index (χ0v) is 12.0. The molecule has 1 N–H and O–H groups in total. The lowest BCUT2D eigenvalue weighted by Gasteiger charge is -2.23. The molecule has 1 heterocycles. The number of carbonyl (C=O) groups excluding carboxylic acids is 1. The molecular weight excluding hydrogens is 274 g/mol. The molecule has 20 heavy (non-hydrogen) atoms. The van der Waals surface area contributed by atoms with Crippen molar-refractivity contribution in [2.24, 2.45) is 7.05 Å². The van der Waals surface area contributed by atoms with Gasteiger partial charge in [-0.2, -0.15) is 5.10 Å². The molecule has 0 radical (unpaired) electrons. The summed E-state index contributed by atoms with van der Waals surface area (Å²) in [6, 6.07) is 6.99. The van der Waals surface area contributed by atoms with E-state index in [0.717, 1.165) is 24.8 Å². The van der Waals surface area contributed by atoms with E-state index < -0.39 is 0 Å². The highest BCUT2D eigenvalue weighted by atomic mass is 35.5. The predicted molar refractivity (Wildman–Crippen MR) is 77.8 cm³/mol. The Labute approximate surface area is 122 Å². The Kier molecular flexibility index (Phi) is 3.49. The fraction of sp³-hybridized carbons (Fsp3) is 0.333. The highest BCUT2D eigenvalue weighted by molar-refractivity contribution is 6.30. The standard InChI is InChI=1S/C15H16ClN3O/c1-19-14-4-2-3-13(12(14)9-17-19)18-15(20)10-5-7-11(16)8-6-10/h5-9,13H,2-4H2,1H3,(H,18,20)/t13-/m1/s1. The number of nitrogens with one attached hydrogen (secondary N) is 1. The molecule has 3 rings (SSSR count). The van der Waals surface area contributed by atoms with E-state index in [0.29, 0.717) is 10.6 Å². The zero-order chi connectivity index (χ0) is 14.1. The number of rotatable bonds is 2. The van der Waals surface area contributed by atoms with Crippen LogP contribution in [0.25, 0.3) is 0 Å². The Morgan fingerprint density at radius 1 is 1.40 bits per heavy atom. The van der Waals surface area contributed by atoms with Gasteiger partial charge in [-0.25, -0.2) is 0 Å². The fourth-order valence-electron chi connectivity index (χ4n) is 2.70. The second-order valence-electron chi connectivity index (χ2n) is 5.10. The maximum atomic E-state index is 12.3. The average molecular weight is 290 g/mol. The Bertz CT molecular complexity index is 633. The summed E-state index contributed by atoms with van der Waals surface area (Å²) in [6.45, 7) is 0. The van der Waals surface area contributed by atoms with Crippen molar-refractivity contribution in [3.63, 3.8) is 0 Å². The van der Waals surface area contributed by atoms with Crippen LogP contribution in [0.15, 0.2) is 30.5 Å². The van der Waals surface area contributed by atoms with Crippen molar-refractivity contribution in [1.29, 1.82) is 0 Å². The summed E-state index contributed by atoms with van der Waals surface area (Å²) < 4.78 is 1.90. The summed E-state index contributed by atoms with van der Waals surface area (Å²) >= 11 is 5.84. The Hall–Kier alpha value is -1.81. The van der Waals surface area contributed by atoms with Crippen molar-refractivity contribution < 1.29 is 4.79 Å². The summed E-state index contributed by atoms with van der Waals surface area (Å²) in [7, 11) is 1.95. The molecule has 1 atom stereocenters. The van der Waals surface area contributed by atoms with Crippen LogP contribution >= 0.6 is 11.6 Å². The van der Waals surface area contributed by atoms with Gasteiger partial charge in [-0.3, -0.25) is 9.48 Å². The first kappa shape index (κ1) is 13.2. The van der Waals surface area contributed by atoms with Gasteiger partial charge < -0.3 is 5.32 Å². The molecule has 2 aromatic rings. The first-order chi connectivity index (χ1) is 9.65. The Morgan fingerprint density at radius 2 is 2.15 bits per heavy atom. The monoisotopic (exact) mass is 289 g/mol. The van der Waals surface area contributed by atoms with Crippen molar-refractivity contribution in [1.82, 2.24) is 15.1 Å². The van der Waals surface area contributed by atoms with Gasteiger partial charge in [0.25, 0.3) is 5.91 Å². The van der Waals surface area contributed by atoms with Crippen LogP contribution in [0.3, 0.4) is 0 Å². The topological polar surface area (TPSA) is 46.9 Å². The van der Waals surface area contributed by atoms with E-state index in [1.807, 2.05) is 17.9 Å². The number of fused-ring (bicyclic) bond motifs is 1. The molecule has 0 saturated heterocycles. The second kappa shape index (κ2) is 5.29. The summed E-state index contributed by atoms with van der Waals surface area (Å²) in [6.07, 6.45) is 4.91. The average Bonchev–Trinajstić information content (AvgIpc) is 2.82. The lowest BCUT2D eigenvalue weighted by Crippen LogP contribution is -2.30. The van der Waals surface area contributed by atoms with Gasteiger partial charge in [-0.05, 0) is 43.5 Å². The maximum Gasteiger partial charge on any atom is 0.251 e. The van der Waals surface area contributed by atoms with Crippen LogP contribution < -0.4 is 5.32 Å². The lowest BCUT2D eigenvalue weighted by atomic mass is 9.93. The third-order valence-corrected chi connectivity index (χ3v) is 4.04. The Morgan fingerprint density at radius 3 is 2.90 bits per heavy atom. The normalized spacial score (nSPS) is 17.6. The second-order valence-corrected chi connectivity index (χ2v) is 5.53. The largest absolute Gasteiger partial charge is 0.345 e. The minimum atomic E-state index is -0.0663. The van der Waals surface area contributed by atoms with E-state index in [1.165, 1.54) is 5.69 Å². The molecule has 0 aliphatic heterocycles. The van der Waals surface area contributed by atoms with E-state index in [-0.39, 0.29) is 11.9 Å². The molecule has 0 fully saturated rings. The van der Waals surface area contributed by atoms with Crippen molar-refractivity contribution in [3.8, 4) is 0 Å². The molecule has 0 spiro atoms. The molecule has 104 valence electrons. The molecule has 5 heteroatoms. The number of aromatic nitrogens is 2. The summed E-state index contributed by atoms with van der Waals surface area (Å²) in [5, 5.41) is 8.01. The molecule has 4 nitrogen and oxygen atoms in total. The number of amides is 1. The first-order valence-corrected chi connectivity index (χ1v) is 7.10. The highest BCUT2D eigenvalue weighted by Crippen LogP contribution is 2.29. The quantitative estimate of drug-likeness (QED) is 0.924. The zero-order valence-electron chi connectivity index (χ0n) is 11.3. The summed E-state index contributed by atoms with van der Waals surface area (Å²) in [5.74, 6) is -0.0663. The van der Waals surface area contributed by atoms with E-state index in [9.17, 15) is 4.79 Å². The molecule has 0 unspecified atom stereocenters. The van der Waals surface area contributed by atoms with Crippen molar-refractivity contribution >= 4 is 17.5 Å². The van der Waals surface area contributed by atoms with E-state index in [4.69, 9.17) is 11.6 Å². The van der Waals surface area contributed by atoms with Gasteiger partial charge in [0, 0.05) is 28.9 Å². The summed E-state index contributed by atoms with van der Waals surface area (Å²) in [5.41, 5.74) is 2.99. The van der Waals surface area contributed by atoms with Gasteiger partial charge in [-0.1, -0.05) is 11.6 Å². The van der Waals surface area contributed by atoms with E-state index >= 15 is 0 Å². The Balaban J connectivity index is 1.78. The van der Waals surface area contributed by atoms with Crippen LogP contribution in [0.2, 0.25) is 5.02 Å². The van der Waals surface area contributed by atoms with Crippen LogP contribution in [-0.4, -0.2) is 15.7 Å². The molecule has 1 aromatic carbocycles. The molecular formula is C15H16ClN3O. The number of carbonyl (C=O) groups is 1. The number of benzene rings is 1. The van der Waals surface area contributed by atoms with Crippen LogP contribution in [0.1, 0.15) is 40.5 Å². The smallest absolute Gasteiger partial charge is 0.251 e. The van der Waals surface area contributed by atoms with Gasteiger partial charge in [0.15, 0.2) is 0 Å². The number of halogens is 1. The van der Waals surface area contributed by atoms with Crippen LogP contribution in [0.4, 0.5) is 0 Å². The third-order valence-electron chi connectivity index (χ3n) is 3.79. The van der Waals surface area contributed by atoms with Crippen LogP contribution in [0.5, 0.6) is 0 Å². The first-order valence-electron chi connectivity index (χ1n) is 6.72. The number of aryl methyl sites for hydroxylation is 1. The minimum Gasteiger partial charge on any atom is -0.345 e. The summed E-state index contributed by atoms with van der Waals surface area (Å²) in [4.78, 5) is 12.3. The van der Waals surface area contributed by atoms with Crippen molar-refractivity contribution in [3.05, 3.63) is 52.3 Å². The molecule has 0 bridgehead atoms. The molecule has 1 aromatic heterocycles. The number of hydrogen-bond acceptors (Lipinski definition) is 2. The van der Waals surface area contributed by atoms with Gasteiger partial charge in [0.05, 0.1) is 12.2 Å². The number of nitrogens with zero attached hydrogens (tertiary/aromatic N) is 2. The molecule has 1 aliphatic carbocycles. The van der Waals surface area contributed by atoms with Crippen LogP contribution in [0, 0.1) is 0 Å². The fourth-order valence-corrected chi connectivity index (χ4v) is 2.82. The maximum absolute atomic E-state index is 12.3. The van der Waals surface area contributed by atoms with Gasteiger partial charge in [0.1, 0.15) is 0 Å². The lowest BCUT2D eigenvalue weighted by molar-refractivity contribution is 0.0932. The molecule has 0 saturated carbocycles. The molecule has 1 aliphatic rings. The predicted octanol–water partition coefficient (Wildman–Crippen LogP) is 2.88. The van der Waals surface area contributed by atoms with E-state index in [2.05, 4.69) is 10.4 Å². The number of hydrogen-bond donors (Lipinski definition) is 1. The van der Waals surface area contributed by atoms with Crippen LogP contribution in [-0.2, 0) is 13.5 Å². The van der Waals surface area contributed by atoms with Gasteiger partial charge >= 0.3 is 0 Å². The molecule has 1 amide bonds. The minimum absolute atomic E-state index is 0.0515.